The topological polar surface area (TPSA) is 74.4 Å². The maximum Gasteiger partial charge on any atom is 0.208 e. The van der Waals surface area contributed by atoms with Crippen molar-refractivity contribution in [1.82, 2.24) is 20.2 Å². The number of aromatic nitrogens is 4. The Balaban J connectivity index is 1.50. The molecule has 5 nitrogen and oxygen atoms in total. The van der Waals surface area contributed by atoms with Crippen LogP contribution in [0, 0.1) is 5.92 Å². The highest BCUT2D eigenvalue weighted by Gasteiger charge is 2.17. The summed E-state index contributed by atoms with van der Waals surface area (Å²) in [7, 11) is 0. The summed E-state index contributed by atoms with van der Waals surface area (Å²) in [5.74, 6) is 2.14. The van der Waals surface area contributed by atoms with Crippen molar-refractivity contribution in [3.05, 3.63) is 29.8 Å². The normalized spacial score (nSPS) is 15.8. The second-order valence-electron chi connectivity index (χ2n) is 5.21. The number of thioether (sulfide) groups is 1. The first-order valence-corrected chi connectivity index (χ1v) is 8.00. The molecule has 106 valence electrons. The second kappa shape index (κ2) is 6.26. The number of nitrogens with zero attached hydrogens (tertiary/aromatic N) is 2. The molecular weight excluding hydrogens is 272 g/mol. The first-order chi connectivity index (χ1) is 9.81. The van der Waals surface area contributed by atoms with Crippen LogP contribution < -0.4 is 0 Å². The van der Waals surface area contributed by atoms with Crippen molar-refractivity contribution in [2.45, 2.75) is 37.3 Å². The Labute approximate surface area is 122 Å². The molecule has 2 heterocycles. The van der Waals surface area contributed by atoms with E-state index in [1.807, 2.05) is 6.07 Å². The summed E-state index contributed by atoms with van der Waals surface area (Å²) in [4.78, 5) is 19.2. The Morgan fingerprint density at radius 2 is 2.25 bits per heavy atom. The zero-order valence-electron chi connectivity index (χ0n) is 11.3. The maximum absolute atomic E-state index is 11.8. The predicted octanol–water partition coefficient (Wildman–Crippen LogP) is 2.84. The summed E-state index contributed by atoms with van der Waals surface area (Å²) < 4.78 is 0. The van der Waals surface area contributed by atoms with Crippen LogP contribution in [0.15, 0.2) is 23.5 Å². The third-order valence-electron chi connectivity index (χ3n) is 3.70. The van der Waals surface area contributed by atoms with Crippen molar-refractivity contribution in [2.24, 2.45) is 5.92 Å². The van der Waals surface area contributed by atoms with E-state index >= 15 is 0 Å². The molecule has 0 unspecified atom stereocenters. The molecule has 0 aliphatic heterocycles. The first kappa shape index (κ1) is 13.4. The van der Waals surface area contributed by atoms with Crippen LogP contribution in [-0.2, 0) is 6.42 Å². The van der Waals surface area contributed by atoms with Crippen LogP contribution >= 0.6 is 11.8 Å². The molecule has 0 aromatic carbocycles. The van der Waals surface area contributed by atoms with Gasteiger partial charge < -0.3 is 4.98 Å². The van der Waals surface area contributed by atoms with Gasteiger partial charge in [-0.3, -0.25) is 9.89 Å². The van der Waals surface area contributed by atoms with Crippen molar-refractivity contribution in [1.29, 1.82) is 0 Å². The molecule has 1 aliphatic carbocycles. The molecule has 1 fully saturated rings. The number of hydrogen-bond acceptors (Lipinski definition) is 4. The molecule has 0 radical (unpaired) electrons. The van der Waals surface area contributed by atoms with Gasteiger partial charge in [0.2, 0.25) is 5.16 Å². The highest BCUT2D eigenvalue weighted by Crippen LogP contribution is 2.27. The second-order valence-corrected chi connectivity index (χ2v) is 6.16. The minimum Gasteiger partial charge on any atom is -0.359 e. The number of carbonyl (C=O) groups is 1. The molecular formula is C14H18N4OS. The Morgan fingerprint density at radius 1 is 1.40 bits per heavy atom. The molecule has 1 aliphatic rings. The van der Waals surface area contributed by atoms with Crippen molar-refractivity contribution < 1.29 is 4.79 Å². The van der Waals surface area contributed by atoms with E-state index in [1.54, 1.807) is 12.3 Å². The number of aromatic amines is 2. The third kappa shape index (κ3) is 3.30. The smallest absolute Gasteiger partial charge is 0.208 e. The summed E-state index contributed by atoms with van der Waals surface area (Å²) in [6, 6.07) is 3.61. The van der Waals surface area contributed by atoms with Crippen molar-refractivity contribution in [2.75, 3.05) is 5.75 Å². The maximum atomic E-state index is 11.8. The van der Waals surface area contributed by atoms with Crippen molar-refractivity contribution in [3.8, 4) is 0 Å². The quantitative estimate of drug-likeness (QED) is 0.633. The monoisotopic (exact) mass is 290 g/mol. The predicted molar refractivity (Wildman–Crippen MR) is 77.9 cm³/mol. The van der Waals surface area contributed by atoms with Crippen LogP contribution in [0.4, 0.5) is 0 Å². The zero-order chi connectivity index (χ0) is 13.8. The van der Waals surface area contributed by atoms with E-state index in [2.05, 4.69) is 20.2 Å². The lowest BCUT2D eigenvalue weighted by atomic mass is 10.0. The number of ketones is 1. The van der Waals surface area contributed by atoms with Crippen LogP contribution in [-0.4, -0.2) is 31.7 Å². The summed E-state index contributed by atoms with van der Waals surface area (Å²) in [5.41, 5.74) is 0.638. The van der Waals surface area contributed by atoms with Gasteiger partial charge in [0, 0.05) is 12.6 Å². The van der Waals surface area contributed by atoms with Gasteiger partial charge in [0.05, 0.1) is 11.4 Å². The van der Waals surface area contributed by atoms with Crippen molar-refractivity contribution in [3.63, 3.8) is 0 Å². The molecule has 2 aromatic heterocycles. The average molecular weight is 290 g/mol. The first-order valence-electron chi connectivity index (χ1n) is 7.02. The molecule has 0 bridgehead atoms. The molecule has 6 heteroatoms. The van der Waals surface area contributed by atoms with Gasteiger partial charge in [-0.2, -0.15) is 0 Å². The molecule has 20 heavy (non-hydrogen) atoms. The molecule has 0 amide bonds. The largest absolute Gasteiger partial charge is 0.359 e. The van der Waals surface area contributed by atoms with E-state index < -0.39 is 0 Å². The standard InChI is InChI=1S/C14H18N4OS/c19-12(11-6-3-7-15-11)9-20-14-16-13(17-18-14)8-10-4-1-2-5-10/h3,6-7,10,15H,1-2,4-5,8-9H2,(H,16,17,18). The zero-order valence-corrected chi connectivity index (χ0v) is 12.1. The molecule has 0 atom stereocenters. The van der Waals surface area contributed by atoms with Crippen molar-refractivity contribution >= 4 is 17.5 Å². The molecule has 2 N–H and O–H groups in total. The Hall–Kier alpha value is -1.56. The Morgan fingerprint density at radius 3 is 3.00 bits per heavy atom. The van der Waals surface area contributed by atoms with Crippen LogP contribution in [0.3, 0.4) is 0 Å². The number of carbonyl (C=O) groups excluding carboxylic acids is 1. The van der Waals surface area contributed by atoms with Crippen LogP contribution in [0.2, 0.25) is 0 Å². The molecule has 0 saturated heterocycles. The van der Waals surface area contributed by atoms with E-state index in [0.29, 0.717) is 16.6 Å². The van der Waals surface area contributed by atoms with E-state index in [4.69, 9.17) is 0 Å². The van der Waals surface area contributed by atoms with E-state index in [0.717, 1.165) is 18.2 Å². The van der Waals surface area contributed by atoms with Gasteiger partial charge in [-0.1, -0.05) is 37.4 Å². The number of nitrogens with one attached hydrogen (secondary N) is 2. The summed E-state index contributed by atoms with van der Waals surface area (Å²) in [6.07, 6.45) is 8.02. The Kier molecular flexibility index (Phi) is 4.20. The van der Waals surface area contributed by atoms with E-state index in [1.165, 1.54) is 37.4 Å². The van der Waals surface area contributed by atoms with Crippen LogP contribution in [0.5, 0.6) is 0 Å². The van der Waals surface area contributed by atoms with Gasteiger partial charge >= 0.3 is 0 Å². The molecule has 0 spiro atoms. The lowest BCUT2D eigenvalue weighted by Gasteiger charge is -2.03. The van der Waals surface area contributed by atoms with E-state index in [-0.39, 0.29) is 5.78 Å². The van der Waals surface area contributed by atoms with Gasteiger partial charge in [-0.25, -0.2) is 4.98 Å². The number of hydrogen-bond donors (Lipinski definition) is 2. The number of H-pyrrole nitrogens is 2. The minimum absolute atomic E-state index is 0.0714. The van der Waals surface area contributed by atoms with Crippen LogP contribution in [0.25, 0.3) is 0 Å². The summed E-state index contributed by atoms with van der Waals surface area (Å²) in [6.45, 7) is 0. The van der Waals surface area contributed by atoms with Gasteiger partial charge in [-0.05, 0) is 18.1 Å². The lowest BCUT2D eigenvalue weighted by molar-refractivity contribution is 0.101. The molecule has 2 aromatic rings. The molecule has 3 rings (SSSR count). The SMILES string of the molecule is O=C(CSc1n[nH]c(CC2CCCC2)n1)c1ccc[nH]1. The molecule has 1 saturated carbocycles. The fraction of sp³-hybridized carbons (Fsp3) is 0.500. The fourth-order valence-electron chi connectivity index (χ4n) is 2.63. The summed E-state index contributed by atoms with van der Waals surface area (Å²) in [5, 5.41) is 7.83. The number of Topliss-reactive ketones (excluding diaryl/α,β-unsaturated/α-hetero) is 1. The average Bonchev–Trinajstić information content (AvgIpc) is 3.19. The van der Waals surface area contributed by atoms with E-state index in [9.17, 15) is 4.79 Å². The highest BCUT2D eigenvalue weighted by molar-refractivity contribution is 7.99. The van der Waals surface area contributed by atoms with Crippen LogP contribution in [0.1, 0.15) is 42.0 Å². The number of rotatable bonds is 6. The van der Waals surface area contributed by atoms with Gasteiger partial charge in [0.25, 0.3) is 0 Å². The third-order valence-corrected chi connectivity index (χ3v) is 4.55. The minimum atomic E-state index is 0.0714. The highest BCUT2D eigenvalue weighted by atomic mass is 32.2. The van der Waals surface area contributed by atoms with Gasteiger partial charge in [0.15, 0.2) is 5.78 Å². The van der Waals surface area contributed by atoms with Gasteiger partial charge in [-0.15, -0.1) is 5.10 Å². The Bertz CT molecular complexity index is 558. The summed E-state index contributed by atoms with van der Waals surface area (Å²) >= 11 is 1.38. The van der Waals surface area contributed by atoms with Gasteiger partial charge in [0.1, 0.15) is 5.82 Å². The lowest BCUT2D eigenvalue weighted by Crippen LogP contribution is -2.02. The fourth-order valence-corrected chi connectivity index (χ4v) is 3.33.